The van der Waals surface area contributed by atoms with Gasteiger partial charge >= 0.3 is 0 Å². The summed E-state index contributed by atoms with van der Waals surface area (Å²) in [6.45, 7) is 4.12. The van der Waals surface area contributed by atoms with Crippen LogP contribution in [0.25, 0.3) is 0 Å². The molecule has 0 radical (unpaired) electrons. The fraction of sp³-hybridized carbons (Fsp3) is 0.867. The largest absolute Gasteiger partial charge is 0.339 e. The average Bonchev–Trinajstić information content (AvgIpc) is 3.07. The highest BCUT2D eigenvalue weighted by Crippen LogP contribution is 2.29. The fourth-order valence-electron chi connectivity index (χ4n) is 3.01. The van der Waals surface area contributed by atoms with Crippen LogP contribution >= 0.6 is 0 Å². The van der Waals surface area contributed by atoms with Crippen LogP contribution < -0.4 is 5.32 Å². The third-order valence-electron chi connectivity index (χ3n) is 4.12. The first-order chi connectivity index (χ1) is 9.69. The van der Waals surface area contributed by atoms with Gasteiger partial charge in [0.2, 0.25) is 5.89 Å². The van der Waals surface area contributed by atoms with Crippen molar-refractivity contribution in [1.82, 2.24) is 20.4 Å². The van der Waals surface area contributed by atoms with E-state index in [-0.39, 0.29) is 0 Å². The molecular formula is C15H28N4O. The lowest BCUT2D eigenvalue weighted by molar-refractivity contribution is 0.309. The van der Waals surface area contributed by atoms with Crippen molar-refractivity contribution in [3.05, 3.63) is 11.7 Å². The van der Waals surface area contributed by atoms with E-state index in [9.17, 15) is 0 Å². The highest BCUT2D eigenvalue weighted by molar-refractivity contribution is 4.93. The molecule has 0 spiro atoms. The van der Waals surface area contributed by atoms with Crippen molar-refractivity contribution in [1.29, 1.82) is 0 Å². The lowest BCUT2D eigenvalue weighted by atomic mass is 9.95. The van der Waals surface area contributed by atoms with Gasteiger partial charge in [-0.1, -0.05) is 24.9 Å². The van der Waals surface area contributed by atoms with Crippen LogP contribution in [-0.4, -0.2) is 48.3 Å². The van der Waals surface area contributed by atoms with E-state index in [1.807, 2.05) is 0 Å². The van der Waals surface area contributed by atoms with E-state index in [0.717, 1.165) is 43.6 Å². The quantitative estimate of drug-likeness (QED) is 0.788. The van der Waals surface area contributed by atoms with Crippen LogP contribution in [0.5, 0.6) is 0 Å². The smallest absolute Gasteiger partial charge is 0.228 e. The molecule has 5 heteroatoms. The van der Waals surface area contributed by atoms with Crippen LogP contribution in [0.2, 0.25) is 0 Å². The maximum Gasteiger partial charge on any atom is 0.228 e. The van der Waals surface area contributed by atoms with Crippen molar-refractivity contribution in [3.63, 3.8) is 0 Å². The molecule has 1 aliphatic carbocycles. The van der Waals surface area contributed by atoms with Crippen LogP contribution in [0.4, 0.5) is 0 Å². The number of nitrogens with zero attached hydrogens (tertiary/aromatic N) is 3. The molecule has 2 rings (SSSR count). The minimum atomic E-state index is 0.490. The summed E-state index contributed by atoms with van der Waals surface area (Å²) in [6, 6.07) is 0.490. The van der Waals surface area contributed by atoms with E-state index < -0.39 is 0 Å². The van der Waals surface area contributed by atoms with Gasteiger partial charge in [-0.15, -0.1) is 0 Å². The van der Waals surface area contributed by atoms with Gasteiger partial charge < -0.3 is 14.7 Å². The Kier molecular flexibility index (Phi) is 5.98. The Morgan fingerprint density at radius 2 is 2.10 bits per heavy atom. The third kappa shape index (κ3) is 4.56. The second-order valence-electron chi connectivity index (χ2n) is 6.07. The molecule has 5 nitrogen and oxygen atoms in total. The molecule has 0 saturated heterocycles. The van der Waals surface area contributed by atoms with Gasteiger partial charge in [-0.05, 0) is 39.4 Å². The number of aromatic nitrogens is 2. The molecule has 1 aliphatic rings. The Balaban J connectivity index is 1.89. The predicted octanol–water partition coefficient (Wildman–Crippen LogP) is 1.88. The summed E-state index contributed by atoms with van der Waals surface area (Å²) in [6.07, 6.45) is 7.12. The van der Waals surface area contributed by atoms with E-state index in [1.54, 1.807) is 0 Å². The molecule has 1 heterocycles. The second-order valence-corrected chi connectivity index (χ2v) is 6.07. The predicted molar refractivity (Wildman–Crippen MR) is 79.7 cm³/mol. The number of rotatable bonds is 8. The summed E-state index contributed by atoms with van der Waals surface area (Å²) in [5.41, 5.74) is 0. The Bertz CT molecular complexity index is 385. The zero-order valence-corrected chi connectivity index (χ0v) is 13.1. The summed E-state index contributed by atoms with van der Waals surface area (Å²) < 4.78 is 5.41. The van der Waals surface area contributed by atoms with Gasteiger partial charge in [0.25, 0.3) is 0 Å². The number of likely N-dealkylation sites (N-methyl/N-ethyl adjacent to an activating group) is 2. The lowest BCUT2D eigenvalue weighted by Crippen LogP contribution is -2.37. The molecule has 20 heavy (non-hydrogen) atoms. The number of nitrogens with one attached hydrogen (secondary N) is 1. The van der Waals surface area contributed by atoms with Crippen LogP contribution in [0.1, 0.15) is 44.3 Å². The van der Waals surface area contributed by atoms with Crippen molar-refractivity contribution < 1.29 is 4.52 Å². The standard InChI is InChI=1S/C15H28N4O/c1-4-16-13(12-7-5-6-8-12)11-15-17-14(18-20-15)9-10-19(2)3/h12-13,16H,4-11H2,1-3H3. The van der Waals surface area contributed by atoms with Crippen LogP contribution in [-0.2, 0) is 12.8 Å². The molecule has 114 valence electrons. The highest BCUT2D eigenvalue weighted by atomic mass is 16.5. The molecule has 1 fully saturated rings. The first-order valence-electron chi connectivity index (χ1n) is 7.88. The molecule has 1 aromatic heterocycles. The molecule has 1 atom stereocenters. The number of hydrogen-bond donors (Lipinski definition) is 1. The Labute approximate surface area is 122 Å². The van der Waals surface area contributed by atoms with E-state index in [1.165, 1.54) is 25.7 Å². The molecule has 0 amide bonds. The summed E-state index contributed by atoms with van der Waals surface area (Å²) in [5, 5.41) is 7.68. The summed E-state index contributed by atoms with van der Waals surface area (Å²) >= 11 is 0. The molecule has 1 saturated carbocycles. The molecule has 0 aromatic carbocycles. The maximum atomic E-state index is 5.41. The molecule has 1 N–H and O–H groups in total. The number of hydrogen-bond acceptors (Lipinski definition) is 5. The van der Waals surface area contributed by atoms with Gasteiger partial charge in [0, 0.05) is 25.4 Å². The van der Waals surface area contributed by atoms with Crippen LogP contribution in [0.15, 0.2) is 4.52 Å². The van der Waals surface area contributed by atoms with Crippen LogP contribution in [0, 0.1) is 5.92 Å². The summed E-state index contributed by atoms with van der Waals surface area (Å²) in [7, 11) is 4.12. The van der Waals surface area contributed by atoms with E-state index in [2.05, 4.69) is 41.4 Å². The van der Waals surface area contributed by atoms with Gasteiger partial charge in [-0.3, -0.25) is 0 Å². The molecule has 0 bridgehead atoms. The zero-order chi connectivity index (χ0) is 14.4. The summed E-state index contributed by atoms with van der Waals surface area (Å²) in [5.74, 6) is 2.39. The van der Waals surface area contributed by atoms with Gasteiger partial charge in [0.15, 0.2) is 5.82 Å². The Morgan fingerprint density at radius 3 is 2.75 bits per heavy atom. The molecular weight excluding hydrogens is 252 g/mol. The monoisotopic (exact) mass is 280 g/mol. The first-order valence-corrected chi connectivity index (χ1v) is 7.88. The topological polar surface area (TPSA) is 54.2 Å². The minimum Gasteiger partial charge on any atom is -0.339 e. The van der Waals surface area contributed by atoms with Crippen molar-refractivity contribution in [3.8, 4) is 0 Å². The normalized spacial score (nSPS) is 18.0. The van der Waals surface area contributed by atoms with Gasteiger partial charge in [-0.25, -0.2) is 0 Å². The fourth-order valence-corrected chi connectivity index (χ4v) is 3.01. The molecule has 1 aromatic rings. The second kappa shape index (κ2) is 7.74. The maximum absolute atomic E-state index is 5.41. The Morgan fingerprint density at radius 1 is 1.35 bits per heavy atom. The lowest BCUT2D eigenvalue weighted by Gasteiger charge is -2.22. The van der Waals surface area contributed by atoms with Crippen molar-refractivity contribution in [2.45, 2.75) is 51.5 Å². The van der Waals surface area contributed by atoms with E-state index in [4.69, 9.17) is 4.52 Å². The summed E-state index contributed by atoms with van der Waals surface area (Å²) in [4.78, 5) is 6.67. The SMILES string of the molecule is CCNC(Cc1nc(CCN(C)C)no1)C1CCCC1. The van der Waals surface area contributed by atoms with Gasteiger partial charge in [-0.2, -0.15) is 4.98 Å². The first kappa shape index (κ1) is 15.4. The van der Waals surface area contributed by atoms with E-state index >= 15 is 0 Å². The highest BCUT2D eigenvalue weighted by Gasteiger charge is 2.26. The molecule has 0 aliphatic heterocycles. The third-order valence-corrected chi connectivity index (χ3v) is 4.12. The minimum absolute atomic E-state index is 0.490. The van der Waals surface area contributed by atoms with Crippen molar-refractivity contribution in [2.75, 3.05) is 27.2 Å². The van der Waals surface area contributed by atoms with Crippen molar-refractivity contribution in [2.24, 2.45) is 5.92 Å². The zero-order valence-electron chi connectivity index (χ0n) is 13.1. The van der Waals surface area contributed by atoms with Gasteiger partial charge in [0.05, 0.1) is 0 Å². The van der Waals surface area contributed by atoms with Gasteiger partial charge in [0.1, 0.15) is 0 Å². The van der Waals surface area contributed by atoms with E-state index in [0.29, 0.717) is 6.04 Å². The Hall–Kier alpha value is -0.940. The van der Waals surface area contributed by atoms with Crippen LogP contribution in [0.3, 0.4) is 0 Å². The average molecular weight is 280 g/mol. The molecule has 1 unspecified atom stereocenters. The van der Waals surface area contributed by atoms with Crippen molar-refractivity contribution >= 4 is 0 Å².